The van der Waals surface area contributed by atoms with Gasteiger partial charge in [0.05, 0.1) is 12.7 Å². The molecule has 0 atom stereocenters. The Kier molecular flexibility index (Phi) is 2.18. The normalized spacial score (nSPS) is 10.1. The minimum atomic E-state index is 0.808. The summed E-state index contributed by atoms with van der Waals surface area (Å²) >= 11 is 0. The average Bonchev–Trinajstić information content (AvgIpc) is 2.64. The van der Waals surface area contributed by atoms with Crippen molar-refractivity contribution < 1.29 is 4.74 Å². The van der Waals surface area contributed by atoms with Crippen molar-refractivity contribution >= 4 is 0 Å². The lowest BCUT2D eigenvalue weighted by molar-refractivity contribution is 0.416. The summed E-state index contributed by atoms with van der Waals surface area (Å²) in [5, 5.41) is 4.02. The summed E-state index contributed by atoms with van der Waals surface area (Å²) in [6.07, 6.45) is 1.53. The molecule has 2 aromatic rings. The van der Waals surface area contributed by atoms with Gasteiger partial charge >= 0.3 is 0 Å². The average molecular weight is 189 g/mol. The predicted octanol–water partition coefficient (Wildman–Crippen LogP) is 1.49. The van der Waals surface area contributed by atoms with E-state index in [1.165, 1.54) is 6.33 Å². The van der Waals surface area contributed by atoms with Crippen LogP contribution in [0.2, 0.25) is 0 Å². The highest BCUT2D eigenvalue weighted by atomic mass is 16.5. The van der Waals surface area contributed by atoms with Crippen molar-refractivity contribution in [3.05, 3.63) is 30.6 Å². The van der Waals surface area contributed by atoms with Crippen LogP contribution < -0.4 is 4.74 Å². The van der Waals surface area contributed by atoms with Gasteiger partial charge in [0, 0.05) is 7.05 Å². The first-order valence-corrected chi connectivity index (χ1v) is 4.30. The van der Waals surface area contributed by atoms with Crippen LogP contribution >= 0.6 is 0 Å². The quantitative estimate of drug-likeness (QED) is 0.718. The fraction of sp³-hybridized carbons (Fsp3) is 0.200. The van der Waals surface area contributed by atoms with Crippen LogP contribution in [-0.4, -0.2) is 21.9 Å². The molecule has 72 valence electrons. The molecule has 0 unspecified atom stereocenters. The minimum Gasteiger partial charge on any atom is -0.496 e. The van der Waals surface area contributed by atoms with Gasteiger partial charge in [0.15, 0.2) is 5.82 Å². The van der Waals surface area contributed by atoms with Crippen LogP contribution in [0.15, 0.2) is 30.6 Å². The number of aromatic nitrogens is 3. The molecular formula is C10H11N3O. The predicted molar refractivity (Wildman–Crippen MR) is 53.0 cm³/mol. The first-order chi connectivity index (χ1) is 6.83. The van der Waals surface area contributed by atoms with E-state index < -0.39 is 0 Å². The van der Waals surface area contributed by atoms with Gasteiger partial charge in [-0.1, -0.05) is 12.1 Å². The Morgan fingerprint density at radius 2 is 2.07 bits per heavy atom. The van der Waals surface area contributed by atoms with Gasteiger partial charge in [-0.15, -0.1) is 0 Å². The van der Waals surface area contributed by atoms with Crippen LogP contribution in [0.5, 0.6) is 5.75 Å². The summed E-state index contributed by atoms with van der Waals surface area (Å²) in [6.45, 7) is 0. The van der Waals surface area contributed by atoms with E-state index in [0.717, 1.165) is 17.1 Å². The molecule has 4 heteroatoms. The summed E-state index contributed by atoms with van der Waals surface area (Å²) < 4.78 is 6.96. The van der Waals surface area contributed by atoms with E-state index >= 15 is 0 Å². The number of benzene rings is 1. The molecule has 1 aromatic carbocycles. The molecule has 0 fully saturated rings. The molecule has 0 radical (unpaired) electrons. The van der Waals surface area contributed by atoms with Crippen molar-refractivity contribution in [1.82, 2.24) is 14.8 Å². The molecule has 0 aliphatic rings. The largest absolute Gasteiger partial charge is 0.496 e. The molecule has 2 rings (SSSR count). The Balaban J connectivity index is 2.56. The highest BCUT2D eigenvalue weighted by Crippen LogP contribution is 2.26. The molecule has 0 N–H and O–H groups in total. The summed E-state index contributed by atoms with van der Waals surface area (Å²) in [4.78, 5) is 4.17. The number of para-hydroxylation sites is 1. The summed E-state index contributed by atoms with van der Waals surface area (Å²) in [7, 11) is 3.50. The molecule has 14 heavy (non-hydrogen) atoms. The van der Waals surface area contributed by atoms with E-state index in [1.54, 1.807) is 11.8 Å². The Morgan fingerprint density at radius 1 is 1.29 bits per heavy atom. The van der Waals surface area contributed by atoms with E-state index in [2.05, 4.69) is 10.1 Å². The van der Waals surface area contributed by atoms with Crippen LogP contribution in [0.1, 0.15) is 0 Å². The second-order valence-electron chi connectivity index (χ2n) is 2.91. The van der Waals surface area contributed by atoms with Crippen molar-refractivity contribution in [3.8, 4) is 17.1 Å². The van der Waals surface area contributed by atoms with Crippen LogP contribution in [0.4, 0.5) is 0 Å². The van der Waals surface area contributed by atoms with Crippen LogP contribution in [-0.2, 0) is 7.05 Å². The number of aryl methyl sites for hydroxylation is 1. The van der Waals surface area contributed by atoms with Gasteiger partial charge in [0.2, 0.25) is 0 Å². The molecule has 0 saturated heterocycles. The van der Waals surface area contributed by atoms with Crippen LogP contribution in [0.3, 0.4) is 0 Å². The maximum absolute atomic E-state index is 5.24. The smallest absolute Gasteiger partial charge is 0.161 e. The molecule has 0 bridgehead atoms. The molecule has 0 spiro atoms. The lowest BCUT2D eigenvalue weighted by Gasteiger charge is -2.06. The van der Waals surface area contributed by atoms with Gasteiger partial charge in [-0.3, -0.25) is 0 Å². The molecule has 1 aromatic heterocycles. The molecule has 1 heterocycles. The van der Waals surface area contributed by atoms with Gasteiger partial charge in [-0.2, -0.15) is 5.10 Å². The van der Waals surface area contributed by atoms with Gasteiger partial charge in [-0.05, 0) is 12.1 Å². The summed E-state index contributed by atoms with van der Waals surface area (Å²) in [5.41, 5.74) is 0.954. The maximum atomic E-state index is 5.24. The zero-order valence-electron chi connectivity index (χ0n) is 8.14. The number of methoxy groups -OCH3 is 1. The Hall–Kier alpha value is -1.84. The molecule has 0 amide bonds. The third-order valence-corrected chi connectivity index (χ3v) is 2.06. The van der Waals surface area contributed by atoms with E-state index in [4.69, 9.17) is 4.74 Å². The van der Waals surface area contributed by atoms with Crippen molar-refractivity contribution in [2.45, 2.75) is 0 Å². The minimum absolute atomic E-state index is 0.808. The van der Waals surface area contributed by atoms with Crippen LogP contribution in [0.25, 0.3) is 11.4 Å². The van der Waals surface area contributed by atoms with E-state index in [0.29, 0.717) is 0 Å². The van der Waals surface area contributed by atoms with E-state index in [1.807, 2.05) is 31.3 Å². The third-order valence-electron chi connectivity index (χ3n) is 2.06. The monoisotopic (exact) mass is 189 g/mol. The van der Waals surface area contributed by atoms with Gasteiger partial charge in [-0.25, -0.2) is 9.67 Å². The zero-order valence-corrected chi connectivity index (χ0v) is 8.14. The number of hydrogen-bond donors (Lipinski definition) is 0. The summed E-state index contributed by atoms with van der Waals surface area (Å²) in [6, 6.07) is 7.75. The molecule has 0 aliphatic carbocycles. The van der Waals surface area contributed by atoms with Gasteiger partial charge in [0.1, 0.15) is 12.1 Å². The highest BCUT2D eigenvalue weighted by Gasteiger charge is 2.08. The Bertz CT molecular complexity index is 436. The Morgan fingerprint density at radius 3 is 2.71 bits per heavy atom. The van der Waals surface area contributed by atoms with Crippen molar-refractivity contribution in [2.24, 2.45) is 7.05 Å². The number of ether oxygens (including phenoxy) is 1. The molecule has 0 saturated carbocycles. The lowest BCUT2D eigenvalue weighted by Crippen LogP contribution is -1.96. The Labute approximate surface area is 82.2 Å². The molecular weight excluding hydrogens is 178 g/mol. The van der Waals surface area contributed by atoms with Crippen molar-refractivity contribution in [2.75, 3.05) is 7.11 Å². The fourth-order valence-corrected chi connectivity index (χ4v) is 1.37. The van der Waals surface area contributed by atoms with E-state index in [-0.39, 0.29) is 0 Å². The van der Waals surface area contributed by atoms with Gasteiger partial charge < -0.3 is 4.74 Å². The summed E-state index contributed by atoms with van der Waals surface area (Å²) in [5.74, 6) is 1.62. The van der Waals surface area contributed by atoms with Crippen molar-refractivity contribution in [3.63, 3.8) is 0 Å². The van der Waals surface area contributed by atoms with Crippen molar-refractivity contribution in [1.29, 1.82) is 0 Å². The first kappa shape index (κ1) is 8.74. The fourth-order valence-electron chi connectivity index (χ4n) is 1.37. The standard InChI is InChI=1S/C10H11N3O/c1-13-10(11-7-12-13)8-5-3-4-6-9(8)14-2/h3-7H,1-2H3. The second-order valence-corrected chi connectivity index (χ2v) is 2.91. The first-order valence-electron chi connectivity index (χ1n) is 4.30. The van der Waals surface area contributed by atoms with Crippen LogP contribution in [0, 0.1) is 0 Å². The second kappa shape index (κ2) is 3.49. The lowest BCUT2D eigenvalue weighted by atomic mass is 10.2. The van der Waals surface area contributed by atoms with Gasteiger partial charge in [0.25, 0.3) is 0 Å². The number of nitrogens with zero attached hydrogens (tertiary/aromatic N) is 3. The number of rotatable bonds is 2. The van der Waals surface area contributed by atoms with E-state index in [9.17, 15) is 0 Å². The maximum Gasteiger partial charge on any atom is 0.161 e. The third kappa shape index (κ3) is 1.35. The topological polar surface area (TPSA) is 39.9 Å². The molecule has 0 aliphatic heterocycles. The number of hydrogen-bond acceptors (Lipinski definition) is 3. The SMILES string of the molecule is COc1ccccc1-c1ncnn1C. The molecule has 4 nitrogen and oxygen atoms in total. The highest BCUT2D eigenvalue weighted by molar-refractivity contribution is 5.63. The zero-order chi connectivity index (χ0) is 9.97.